The molecule has 0 bridgehead atoms. The molecule has 106 valence electrons. The summed E-state index contributed by atoms with van der Waals surface area (Å²) in [5.74, 6) is 0.126. The third-order valence-electron chi connectivity index (χ3n) is 2.55. The lowest BCUT2D eigenvalue weighted by molar-refractivity contribution is -0.137. The van der Waals surface area contributed by atoms with E-state index in [4.69, 9.17) is 14.7 Å². The summed E-state index contributed by atoms with van der Waals surface area (Å²) in [6.45, 7) is 4.71. The molecule has 4 heteroatoms. The molecule has 0 radical (unpaired) electrons. The van der Waals surface area contributed by atoms with Crippen LogP contribution in [0.4, 0.5) is 0 Å². The molecule has 0 fully saturated rings. The van der Waals surface area contributed by atoms with Gasteiger partial charge in [-0.05, 0) is 37.1 Å². The number of nitriles is 1. The third kappa shape index (κ3) is 5.15. The van der Waals surface area contributed by atoms with Crippen molar-refractivity contribution in [1.82, 2.24) is 0 Å². The number of carbonyl (C=O) groups is 1. The lowest BCUT2D eigenvalue weighted by Gasteiger charge is -2.06. The minimum atomic E-state index is -0.604. The monoisotopic (exact) mass is 273 g/mol. The number of rotatable bonds is 7. The maximum absolute atomic E-state index is 11.5. The summed E-state index contributed by atoms with van der Waals surface area (Å²) >= 11 is 0. The number of nitrogens with zero attached hydrogens (tertiary/aromatic N) is 1. The summed E-state index contributed by atoms with van der Waals surface area (Å²) in [6, 6.07) is 9.14. The Bertz CT molecular complexity index is 515. The second kappa shape index (κ2) is 8.76. The van der Waals surface area contributed by atoms with Crippen LogP contribution in [-0.2, 0) is 9.53 Å². The molecule has 0 heterocycles. The van der Waals surface area contributed by atoms with Crippen molar-refractivity contribution in [2.75, 3.05) is 13.2 Å². The molecule has 0 saturated heterocycles. The van der Waals surface area contributed by atoms with Crippen LogP contribution in [0.3, 0.4) is 0 Å². The van der Waals surface area contributed by atoms with Gasteiger partial charge in [-0.25, -0.2) is 4.79 Å². The van der Waals surface area contributed by atoms with E-state index in [1.54, 1.807) is 13.0 Å². The topological polar surface area (TPSA) is 59.3 Å². The van der Waals surface area contributed by atoms with E-state index in [0.717, 1.165) is 24.2 Å². The molecule has 0 aliphatic heterocycles. The van der Waals surface area contributed by atoms with Gasteiger partial charge in [0, 0.05) is 0 Å². The minimum Gasteiger partial charge on any atom is -0.494 e. The molecular formula is C16H19NO3. The van der Waals surface area contributed by atoms with E-state index < -0.39 is 5.97 Å². The SMILES string of the molecule is CCCCOc1cccc(/C=C(\C#N)C(=O)OCC)c1. The number of unbranched alkanes of at least 4 members (excludes halogenated alkanes) is 1. The quantitative estimate of drug-likeness (QED) is 0.331. The summed E-state index contributed by atoms with van der Waals surface area (Å²) in [7, 11) is 0. The maximum Gasteiger partial charge on any atom is 0.348 e. The number of carbonyl (C=O) groups excluding carboxylic acids is 1. The molecule has 4 nitrogen and oxygen atoms in total. The largest absolute Gasteiger partial charge is 0.494 e. The van der Waals surface area contributed by atoms with Crippen molar-refractivity contribution in [2.45, 2.75) is 26.7 Å². The number of esters is 1. The highest BCUT2D eigenvalue weighted by Crippen LogP contribution is 2.16. The van der Waals surface area contributed by atoms with Gasteiger partial charge in [-0.2, -0.15) is 5.26 Å². The van der Waals surface area contributed by atoms with Gasteiger partial charge in [-0.1, -0.05) is 25.5 Å². The van der Waals surface area contributed by atoms with Crippen LogP contribution in [0.1, 0.15) is 32.3 Å². The van der Waals surface area contributed by atoms with Crippen molar-refractivity contribution in [3.8, 4) is 11.8 Å². The van der Waals surface area contributed by atoms with Crippen molar-refractivity contribution in [1.29, 1.82) is 5.26 Å². The standard InChI is InChI=1S/C16H19NO3/c1-3-5-9-20-15-8-6-7-13(11-15)10-14(12-17)16(18)19-4-2/h6-8,10-11H,3-5,9H2,1-2H3/b14-10+. The second-order valence-electron chi connectivity index (χ2n) is 4.16. The molecule has 0 spiro atoms. The maximum atomic E-state index is 11.5. The van der Waals surface area contributed by atoms with E-state index >= 15 is 0 Å². The molecule has 20 heavy (non-hydrogen) atoms. The van der Waals surface area contributed by atoms with Crippen LogP contribution in [0, 0.1) is 11.3 Å². The van der Waals surface area contributed by atoms with Crippen LogP contribution in [0.25, 0.3) is 6.08 Å². The lowest BCUT2D eigenvalue weighted by atomic mass is 10.1. The molecule has 0 aromatic heterocycles. The van der Waals surface area contributed by atoms with Gasteiger partial charge in [-0.3, -0.25) is 0 Å². The molecule has 0 unspecified atom stereocenters. The van der Waals surface area contributed by atoms with Crippen LogP contribution in [-0.4, -0.2) is 19.2 Å². The van der Waals surface area contributed by atoms with Crippen LogP contribution >= 0.6 is 0 Å². The fourth-order valence-electron chi connectivity index (χ4n) is 1.54. The van der Waals surface area contributed by atoms with E-state index in [0.29, 0.717) is 6.61 Å². The smallest absolute Gasteiger partial charge is 0.348 e. The fourth-order valence-corrected chi connectivity index (χ4v) is 1.54. The summed E-state index contributed by atoms with van der Waals surface area (Å²) in [4.78, 5) is 11.5. The number of ether oxygens (including phenoxy) is 2. The van der Waals surface area contributed by atoms with Gasteiger partial charge in [0.05, 0.1) is 13.2 Å². The van der Waals surface area contributed by atoms with E-state index in [9.17, 15) is 4.79 Å². The van der Waals surface area contributed by atoms with Gasteiger partial charge in [-0.15, -0.1) is 0 Å². The Balaban J connectivity index is 2.82. The van der Waals surface area contributed by atoms with Crippen molar-refractivity contribution < 1.29 is 14.3 Å². The van der Waals surface area contributed by atoms with Gasteiger partial charge in [0.15, 0.2) is 0 Å². The minimum absolute atomic E-state index is 0.0161. The Morgan fingerprint density at radius 2 is 2.20 bits per heavy atom. The predicted molar refractivity (Wildman–Crippen MR) is 77.1 cm³/mol. The van der Waals surface area contributed by atoms with E-state index in [-0.39, 0.29) is 12.2 Å². The van der Waals surface area contributed by atoms with Gasteiger partial charge < -0.3 is 9.47 Å². The lowest BCUT2D eigenvalue weighted by Crippen LogP contribution is -2.06. The molecule has 0 aliphatic carbocycles. The summed E-state index contributed by atoms with van der Waals surface area (Å²) < 4.78 is 10.4. The van der Waals surface area contributed by atoms with Crippen LogP contribution < -0.4 is 4.74 Å². The van der Waals surface area contributed by atoms with Crippen LogP contribution in [0.15, 0.2) is 29.8 Å². The Kier molecular flexibility index (Phi) is 6.91. The van der Waals surface area contributed by atoms with Crippen molar-refractivity contribution in [3.63, 3.8) is 0 Å². The van der Waals surface area contributed by atoms with E-state index in [1.165, 1.54) is 6.08 Å². The Morgan fingerprint density at radius 3 is 2.85 bits per heavy atom. The van der Waals surface area contributed by atoms with Crippen molar-refractivity contribution in [2.24, 2.45) is 0 Å². The van der Waals surface area contributed by atoms with Crippen LogP contribution in [0.2, 0.25) is 0 Å². The average Bonchev–Trinajstić information content (AvgIpc) is 2.46. The zero-order valence-electron chi connectivity index (χ0n) is 11.9. The first-order valence-electron chi connectivity index (χ1n) is 6.73. The summed E-state index contributed by atoms with van der Waals surface area (Å²) in [5.41, 5.74) is 0.723. The molecule has 0 saturated carbocycles. The van der Waals surface area contributed by atoms with Gasteiger partial charge in [0.25, 0.3) is 0 Å². The molecule has 1 aromatic carbocycles. The van der Waals surface area contributed by atoms with Gasteiger partial charge in [0.2, 0.25) is 0 Å². The van der Waals surface area contributed by atoms with Gasteiger partial charge in [0.1, 0.15) is 17.4 Å². The molecule has 1 rings (SSSR count). The highest BCUT2D eigenvalue weighted by atomic mass is 16.5. The Hall–Kier alpha value is -2.28. The van der Waals surface area contributed by atoms with Crippen molar-refractivity contribution >= 4 is 12.0 Å². The molecule has 1 aromatic rings. The first-order chi connectivity index (χ1) is 9.71. The van der Waals surface area contributed by atoms with E-state index in [1.807, 2.05) is 24.3 Å². The predicted octanol–water partition coefficient (Wildman–Crippen LogP) is 3.34. The highest BCUT2D eigenvalue weighted by molar-refractivity contribution is 5.97. The Labute approximate surface area is 119 Å². The molecule has 0 amide bonds. The molecule has 0 N–H and O–H groups in total. The fraction of sp³-hybridized carbons (Fsp3) is 0.375. The van der Waals surface area contributed by atoms with E-state index in [2.05, 4.69) is 6.92 Å². The first kappa shape index (κ1) is 15.8. The number of benzene rings is 1. The van der Waals surface area contributed by atoms with Crippen LogP contribution in [0.5, 0.6) is 5.75 Å². The zero-order chi connectivity index (χ0) is 14.8. The first-order valence-corrected chi connectivity index (χ1v) is 6.73. The van der Waals surface area contributed by atoms with Gasteiger partial charge >= 0.3 is 5.97 Å². The van der Waals surface area contributed by atoms with Crippen molar-refractivity contribution in [3.05, 3.63) is 35.4 Å². The normalized spacial score (nSPS) is 10.8. The Morgan fingerprint density at radius 1 is 1.40 bits per heavy atom. The highest BCUT2D eigenvalue weighted by Gasteiger charge is 2.09. The molecule has 0 atom stereocenters. The molecular weight excluding hydrogens is 254 g/mol. The third-order valence-corrected chi connectivity index (χ3v) is 2.55. The number of hydrogen-bond acceptors (Lipinski definition) is 4. The number of hydrogen-bond donors (Lipinski definition) is 0. The second-order valence-corrected chi connectivity index (χ2v) is 4.16. The average molecular weight is 273 g/mol. The molecule has 0 aliphatic rings. The zero-order valence-corrected chi connectivity index (χ0v) is 11.9. The summed E-state index contributed by atoms with van der Waals surface area (Å²) in [5, 5.41) is 8.98. The summed E-state index contributed by atoms with van der Waals surface area (Å²) in [6.07, 6.45) is 3.57.